The second-order valence-electron chi connectivity index (χ2n) is 4.08. The summed E-state index contributed by atoms with van der Waals surface area (Å²) in [6, 6.07) is 8.26. The lowest BCUT2D eigenvalue weighted by atomic mass is 10.1. The van der Waals surface area contributed by atoms with Gasteiger partial charge in [-0.1, -0.05) is 29.8 Å². The minimum atomic E-state index is -0.0643. The minimum Gasteiger partial charge on any atom is -0.334 e. The summed E-state index contributed by atoms with van der Waals surface area (Å²) in [4.78, 5) is 4.38. The Morgan fingerprint density at radius 1 is 1.35 bits per heavy atom. The van der Waals surface area contributed by atoms with Crippen molar-refractivity contribution >= 4 is 0 Å². The molecule has 0 spiro atoms. The van der Waals surface area contributed by atoms with Crippen molar-refractivity contribution in [2.75, 3.05) is 0 Å². The molecule has 0 bridgehead atoms. The molecule has 4 heteroatoms. The molecule has 1 heterocycles. The number of nitrogens with zero attached hydrogens (tertiary/aromatic N) is 2. The zero-order chi connectivity index (χ0) is 12.3. The van der Waals surface area contributed by atoms with Crippen LogP contribution in [0.3, 0.4) is 0 Å². The first-order chi connectivity index (χ1) is 8.26. The van der Waals surface area contributed by atoms with Gasteiger partial charge in [0, 0.05) is 18.9 Å². The van der Waals surface area contributed by atoms with Gasteiger partial charge in [-0.25, -0.2) is 10.4 Å². The molecule has 2 aromatic rings. The fourth-order valence-electron chi connectivity index (χ4n) is 1.93. The lowest BCUT2D eigenvalue weighted by Gasteiger charge is -2.17. The summed E-state index contributed by atoms with van der Waals surface area (Å²) in [6.07, 6.45) is 3.77. The van der Waals surface area contributed by atoms with Gasteiger partial charge < -0.3 is 4.57 Å². The average Bonchev–Trinajstić information content (AvgIpc) is 2.81. The van der Waals surface area contributed by atoms with E-state index in [1.807, 2.05) is 6.20 Å². The third kappa shape index (κ3) is 2.38. The van der Waals surface area contributed by atoms with Crippen LogP contribution in [0.5, 0.6) is 0 Å². The van der Waals surface area contributed by atoms with Crippen LogP contribution in [-0.2, 0) is 6.54 Å². The molecule has 0 saturated carbocycles. The zero-order valence-electron chi connectivity index (χ0n) is 10.2. The first-order valence-corrected chi connectivity index (χ1v) is 5.80. The highest BCUT2D eigenvalue weighted by Crippen LogP contribution is 2.20. The molecular formula is C13H18N4. The highest BCUT2D eigenvalue weighted by Gasteiger charge is 2.16. The molecule has 0 amide bonds. The van der Waals surface area contributed by atoms with Crippen LogP contribution in [0.25, 0.3) is 0 Å². The molecule has 0 radical (unpaired) electrons. The van der Waals surface area contributed by atoms with Gasteiger partial charge in [0.15, 0.2) is 0 Å². The highest BCUT2D eigenvalue weighted by molar-refractivity contribution is 5.28. The molecule has 0 aliphatic heterocycles. The summed E-state index contributed by atoms with van der Waals surface area (Å²) in [5, 5.41) is 0. The van der Waals surface area contributed by atoms with E-state index >= 15 is 0 Å². The Labute approximate surface area is 101 Å². The Hall–Kier alpha value is -1.65. The molecular weight excluding hydrogens is 212 g/mol. The average molecular weight is 230 g/mol. The number of aromatic nitrogens is 2. The van der Waals surface area contributed by atoms with Gasteiger partial charge in [-0.05, 0) is 19.4 Å². The van der Waals surface area contributed by atoms with Crippen molar-refractivity contribution in [3.05, 3.63) is 53.6 Å². The first kappa shape index (κ1) is 11.8. The van der Waals surface area contributed by atoms with Crippen LogP contribution in [0.4, 0.5) is 0 Å². The molecule has 1 aromatic heterocycles. The fraction of sp³-hybridized carbons (Fsp3) is 0.308. The molecule has 3 N–H and O–H groups in total. The molecule has 90 valence electrons. The summed E-state index contributed by atoms with van der Waals surface area (Å²) >= 11 is 0. The summed E-state index contributed by atoms with van der Waals surface area (Å²) in [6.45, 7) is 5.05. The van der Waals surface area contributed by atoms with Gasteiger partial charge in [0.25, 0.3) is 0 Å². The van der Waals surface area contributed by atoms with E-state index in [1.54, 1.807) is 6.20 Å². The Morgan fingerprint density at radius 2 is 2.06 bits per heavy atom. The van der Waals surface area contributed by atoms with Crippen molar-refractivity contribution in [3.8, 4) is 0 Å². The van der Waals surface area contributed by atoms with Crippen molar-refractivity contribution in [2.24, 2.45) is 5.84 Å². The molecule has 0 fully saturated rings. The molecule has 1 atom stereocenters. The van der Waals surface area contributed by atoms with Crippen molar-refractivity contribution in [2.45, 2.75) is 26.4 Å². The van der Waals surface area contributed by atoms with E-state index in [1.165, 1.54) is 5.56 Å². The molecule has 0 aliphatic rings. The molecule has 1 aromatic carbocycles. The van der Waals surface area contributed by atoms with Gasteiger partial charge in [-0.3, -0.25) is 5.84 Å². The maximum absolute atomic E-state index is 5.65. The Balaban J connectivity index is 2.36. The Kier molecular flexibility index (Phi) is 3.56. The summed E-state index contributed by atoms with van der Waals surface area (Å²) in [5.74, 6) is 6.60. The zero-order valence-corrected chi connectivity index (χ0v) is 10.2. The van der Waals surface area contributed by atoms with Crippen LogP contribution >= 0.6 is 0 Å². The Bertz CT molecular complexity index is 472. The van der Waals surface area contributed by atoms with Crippen molar-refractivity contribution in [3.63, 3.8) is 0 Å². The lowest BCUT2D eigenvalue weighted by Crippen LogP contribution is -2.31. The minimum absolute atomic E-state index is 0.0643. The molecule has 1 unspecified atom stereocenters. The van der Waals surface area contributed by atoms with Gasteiger partial charge >= 0.3 is 0 Å². The van der Waals surface area contributed by atoms with Crippen LogP contribution in [0.15, 0.2) is 36.7 Å². The number of hydrogen-bond donors (Lipinski definition) is 2. The molecule has 0 aliphatic carbocycles. The van der Waals surface area contributed by atoms with Crippen LogP contribution < -0.4 is 11.3 Å². The summed E-state index contributed by atoms with van der Waals surface area (Å²) in [7, 11) is 0. The lowest BCUT2D eigenvalue weighted by molar-refractivity contribution is 0.561. The SMILES string of the molecule is CCn1ccnc1C(NN)c1ccc(C)cc1. The van der Waals surface area contributed by atoms with E-state index in [-0.39, 0.29) is 6.04 Å². The van der Waals surface area contributed by atoms with E-state index in [0.717, 1.165) is 17.9 Å². The molecule has 17 heavy (non-hydrogen) atoms. The maximum atomic E-state index is 5.65. The van der Waals surface area contributed by atoms with Gasteiger partial charge in [-0.15, -0.1) is 0 Å². The summed E-state index contributed by atoms with van der Waals surface area (Å²) in [5.41, 5.74) is 5.19. The van der Waals surface area contributed by atoms with Crippen LogP contribution in [-0.4, -0.2) is 9.55 Å². The van der Waals surface area contributed by atoms with E-state index in [9.17, 15) is 0 Å². The topological polar surface area (TPSA) is 55.9 Å². The number of nitrogens with two attached hydrogens (primary N) is 1. The van der Waals surface area contributed by atoms with Gasteiger partial charge in [0.2, 0.25) is 0 Å². The van der Waals surface area contributed by atoms with Crippen molar-refractivity contribution < 1.29 is 0 Å². The van der Waals surface area contributed by atoms with Gasteiger partial charge in [0.1, 0.15) is 11.9 Å². The standard InChI is InChI=1S/C13H18N4/c1-3-17-9-8-15-13(17)12(16-14)11-6-4-10(2)5-7-11/h4-9,12,16H,3,14H2,1-2H3. The van der Waals surface area contributed by atoms with E-state index in [0.29, 0.717) is 0 Å². The van der Waals surface area contributed by atoms with Crippen LogP contribution in [0, 0.1) is 6.92 Å². The van der Waals surface area contributed by atoms with Crippen LogP contribution in [0.2, 0.25) is 0 Å². The first-order valence-electron chi connectivity index (χ1n) is 5.80. The van der Waals surface area contributed by atoms with Gasteiger partial charge in [-0.2, -0.15) is 0 Å². The molecule has 0 saturated heterocycles. The number of imidazole rings is 1. The second-order valence-corrected chi connectivity index (χ2v) is 4.08. The Morgan fingerprint density at radius 3 is 2.65 bits per heavy atom. The molecule has 4 nitrogen and oxygen atoms in total. The number of hydrogen-bond acceptors (Lipinski definition) is 3. The third-order valence-electron chi connectivity index (χ3n) is 2.92. The van der Waals surface area contributed by atoms with Crippen LogP contribution in [0.1, 0.15) is 29.9 Å². The number of nitrogens with one attached hydrogen (secondary N) is 1. The monoisotopic (exact) mass is 230 g/mol. The second kappa shape index (κ2) is 5.12. The number of aryl methyl sites for hydroxylation is 2. The maximum Gasteiger partial charge on any atom is 0.131 e. The predicted octanol–water partition coefficient (Wildman–Crippen LogP) is 1.76. The quantitative estimate of drug-likeness (QED) is 0.621. The number of rotatable bonds is 4. The van der Waals surface area contributed by atoms with Crippen molar-refractivity contribution in [1.29, 1.82) is 0 Å². The molecule has 2 rings (SSSR count). The smallest absolute Gasteiger partial charge is 0.131 e. The van der Waals surface area contributed by atoms with Gasteiger partial charge in [0.05, 0.1) is 0 Å². The van der Waals surface area contributed by atoms with E-state index in [2.05, 4.69) is 53.1 Å². The number of benzene rings is 1. The summed E-state index contributed by atoms with van der Waals surface area (Å²) < 4.78 is 2.09. The number of hydrazine groups is 1. The van der Waals surface area contributed by atoms with E-state index in [4.69, 9.17) is 5.84 Å². The highest BCUT2D eigenvalue weighted by atomic mass is 15.3. The van der Waals surface area contributed by atoms with Crippen molar-refractivity contribution in [1.82, 2.24) is 15.0 Å². The fourth-order valence-corrected chi connectivity index (χ4v) is 1.93. The normalized spacial score (nSPS) is 12.6. The third-order valence-corrected chi connectivity index (χ3v) is 2.92. The largest absolute Gasteiger partial charge is 0.334 e. The predicted molar refractivity (Wildman–Crippen MR) is 68.2 cm³/mol. The van der Waals surface area contributed by atoms with E-state index < -0.39 is 0 Å².